The molecular formula is C19H17N3O3S3. The second kappa shape index (κ2) is 9.24. The quantitative estimate of drug-likeness (QED) is 0.398. The van der Waals surface area contributed by atoms with E-state index in [1.807, 2.05) is 23.6 Å². The molecule has 0 saturated carbocycles. The fourth-order valence-electron chi connectivity index (χ4n) is 2.49. The first-order valence-electron chi connectivity index (χ1n) is 8.40. The Morgan fingerprint density at radius 3 is 2.61 bits per heavy atom. The molecule has 1 aliphatic rings. The lowest BCUT2D eigenvalue weighted by Gasteiger charge is -2.14. The summed E-state index contributed by atoms with van der Waals surface area (Å²) >= 11 is 8.06. The SMILES string of the molecule is NCC(=O)c1ccc(NC(=O)CCN2C(=O)/C(=C\c3cccs3)SC2=S)cc1. The number of nitrogens with two attached hydrogens (primary N) is 1. The number of thiophene rings is 1. The van der Waals surface area contributed by atoms with Gasteiger partial charge in [-0.1, -0.05) is 30.0 Å². The van der Waals surface area contributed by atoms with Gasteiger partial charge in [-0.05, 0) is 41.8 Å². The summed E-state index contributed by atoms with van der Waals surface area (Å²) < 4.78 is 0.449. The molecule has 0 atom stereocenters. The van der Waals surface area contributed by atoms with Crippen molar-refractivity contribution in [1.82, 2.24) is 4.90 Å². The number of carbonyl (C=O) groups is 3. The van der Waals surface area contributed by atoms with Crippen LogP contribution < -0.4 is 11.1 Å². The summed E-state index contributed by atoms with van der Waals surface area (Å²) in [6, 6.07) is 10.4. The average Bonchev–Trinajstić information content (AvgIpc) is 3.29. The lowest BCUT2D eigenvalue weighted by molar-refractivity contribution is -0.122. The van der Waals surface area contributed by atoms with Crippen LogP contribution in [0.15, 0.2) is 46.7 Å². The normalized spacial score (nSPS) is 15.3. The van der Waals surface area contributed by atoms with Crippen LogP contribution in [0.5, 0.6) is 0 Å². The number of Topliss-reactive ketones (excluding diaryl/α,β-unsaturated/α-hetero) is 1. The molecule has 9 heteroatoms. The summed E-state index contributed by atoms with van der Waals surface area (Å²) in [4.78, 5) is 39.2. The van der Waals surface area contributed by atoms with Crippen LogP contribution in [0, 0.1) is 0 Å². The molecule has 2 heterocycles. The molecule has 28 heavy (non-hydrogen) atoms. The highest BCUT2D eigenvalue weighted by Gasteiger charge is 2.32. The van der Waals surface area contributed by atoms with Crippen LogP contribution >= 0.6 is 35.3 Å². The Balaban J connectivity index is 1.55. The number of hydrogen-bond acceptors (Lipinski definition) is 7. The monoisotopic (exact) mass is 431 g/mol. The van der Waals surface area contributed by atoms with Crippen LogP contribution in [-0.2, 0) is 9.59 Å². The Kier molecular flexibility index (Phi) is 6.74. The number of anilines is 1. The smallest absolute Gasteiger partial charge is 0.266 e. The van der Waals surface area contributed by atoms with Crippen molar-refractivity contribution in [3.8, 4) is 0 Å². The molecule has 3 N–H and O–H groups in total. The molecule has 0 spiro atoms. The van der Waals surface area contributed by atoms with Crippen molar-refractivity contribution in [1.29, 1.82) is 0 Å². The molecule has 0 aliphatic carbocycles. The second-order valence-corrected chi connectivity index (χ2v) is 8.51. The van der Waals surface area contributed by atoms with E-state index in [2.05, 4.69) is 5.32 Å². The third kappa shape index (κ3) is 4.93. The Morgan fingerprint density at radius 1 is 1.21 bits per heavy atom. The van der Waals surface area contributed by atoms with E-state index in [1.54, 1.807) is 35.6 Å². The van der Waals surface area contributed by atoms with Crippen molar-refractivity contribution in [2.75, 3.05) is 18.4 Å². The zero-order valence-electron chi connectivity index (χ0n) is 14.7. The standard InChI is InChI=1S/C19H17N3O3S3/c20-11-15(23)12-3-5-13(6-4-12)21-17(24)7-8-22-18(25)16(28-19(22)26)10-14-2-1-9-27-14/h1-6,9-10H,7-8,11,20H2,(H,21,24)/b16-10+. The molecule has 2 amide bonds. The fraction of sp³-hybridized carbons (Fsp3) is 0.158. The van der Waals surface area contributed by atoms with Gasteiger partial charge < -0.3 is 11.1 Å². The van der Waals surface area contributed by atoms with E-state index in [1.165, 1.54) is 16.7 Å². The van der Waals surface area contributed by atoms with Crippen LogP contribution in [0.2, 0.25) is 0 Å². The van der Waals surface area contributed by atoms with E-state index in [-0.39, 0.29) is 37.1 Å². The molecule has 1 aromatic heterocycles. The van der Waals surface area contributed by atoms with Crippen molar-refractivity contribution in [2.45, 2.75) is 6.42 Å². The van der Waals surface area contributed by atoms with Crippen LogP contribution in [0.4, 0.5) is 5.69 Å². The number of thioether (sulfide) groups is 1. The first kappa shape index (κ1) is 20.4. The van der Waals surface area contributed by atoms with E-state index in [0.717, 1.165) is 4.88 Å². The van der Waals surface area contributed by atoms with E-state index in [9.17, 15) is 14.4 Å². The van der Waals surface area contributed by atoms with E-state index in [4.69, 9.17) is 18.0 Å². The highest BCUT2D eigenvalue weighted by Crippen LogP contribution is 2.33. The molecule has 0 unspecified atom stereocenters. The molecule has 3 rings (SSSR count). The lowest BCUT2D eigenvalue weighted by atomic mass is 10.1. The van der Waals surface area contributed by atoms with Gasteiger partial charge in [0.15, 0.2) is 5.78 Å². The third-order valence-corrected chi connectivity index (χ3v) is 6.13. The maximum atomic E-state index is 12.5. The summed E-state index contributed by atoms with van der Waals surface area (Å²) in [7, 11) is 0. The van der Waals surface area contributed by atoms with E-state index in [0.29, 0.717) is 20.5 Å². The van der Waals surface area contributed by atoms with Gasteiger partial charge in [0.05, 0.1) is 11.4 Å². The van der Waals surface area contributed by atoms with E-state index >= 15 is 0 Å². The number of carbonyl (C=O) groups excluding carboxylic acids is 3. The molecule has 1 saturated heterocycles. The van der Waals surface area contributed by atoms with Gasteiger partial charge in [-0.2, -0.15) is 0 Å². The third-order valence-electron chi connectivity index (χ3n) is 3.93. The topological polar surface area (TPSA) is 92.5 Å². The first-order chi connectivity index (χ1) is 13.5. The lowest BCUT2D eigenvalue weighted by Crippen LogP contribution is -2.31. The van der Waals surface area contributed by atoms with Gasteiger partial charge in [0.1, 0.15) is 4.32 Å². The number of thiocarbonyl (C=S) groups is 1. The summed E-state index contributed by atoms with van der Waals surface area (Å²) in [6.07, 6.45) is 1.93. The number of amides is 2. The molecule has 6 nitrogen and oxygen atoms in total. The Hall–Kier alpha value is -2.33. The van der Waals surface area contributed by atoms with Gasteiger partial charge in [0.25, 0.3) is 5.91 Å². The minimum absolute atomic E-state index is 0.0591. The minimum atomic E-state index is -0.241. The minimum Gasteiger partial charge on any atom is -0.326 e. The molecule has 1 aromatic carbocycles. The molecule has 0 bridgehead atoms. The molecule has 0 radical (unpaired) electrons. The van der Waals surface area contributed by atoms with Crippen molar-refractivity contribution < 1.29 is 14.4 Å². The van der Waals surface area contributed by atoms with Gasteiger partial charge in [-0.15, -0.1) is 11.3 Å². The molecular weight excluding hydrogens is 414 g/mol. The van der Waals surface area contributed by atoms with Gasteiger partial charge >= 0.3 is 0 Å². The molecule has 144 valence electrons. The zero-order valence-corrected chi connectivity index (χ0v) is 17.2. The predicted molar refractivity (Wildman–Crippen MR) is 117 cm³/mol. The maximum Gasteiger partial charge on any atom is 0.266 e. The summed E-state index contributed by atoms with van der Waals surface area (Å²) in [5, 5.41) is 4.68. The highest BCUT2D eigenvalue weighted by molar-refractivity contribution is 8.26. The number of rotatable bonds is 7. The Labute approximate surface area is 175 Å². The van der Waals surface area contributed by atoms with Crippen molar-refractivity contribution in [2.24, 2.45) is 5.73 Å². The summed E-state index contributed by atoms with van der Waals surface area (Å²) in [6.45, 7) is 0.151. The number of nitrogens with zero attached hydrogens (tertiary/aromatic N) is 1. The van der Waals surface area contributed by atoms with Gasteiger partial charge in [0, 0.05) is 29.1 Å². The largest absolute Gasteiger partial charge is 0.326 e. The maximum absolute atomic E-state index is 12.5. The van der Waals surface area contributed by atoms with Crippen molar-refractivity contribution >= 4 is 69.0 Å². The number of nitrogens with one attached hydrogen (secondary N) is 1. The van der Waals surface area contributed by atoms with Crippen molar-refractivity contribution in [3.63, 3.8) is 0 Å². The predicted octanol–water partition coefficient (Wildman–Crippen LogP) is 3.12. The summed E-state index contributed by atoms with van der Waals surface area (Å²) in [5.41, 5.74) is 6.39. The van der Waals surface area contributed by atoms with Crippen LogP contribution in [0.1, 0.15) is 21.7 Å². The molecule has 1 fully saturated rings. The zero-order chi connectivity index (χ0) is 20.1. The Bertz CT molecular complexity index is 937. The molecule has 2 aromatic rings. The average molecular weight is 432 g/mol. The Morgan fingerprint density at radius 2 is 1.96 bits per heavy atom. The van der Waals surface area contributed by atoms with E-state index < -0.39 is 0 Å². The van der Waals surface area contributed by atoms with Crippen LogP contribution in [0.25, 0.3) is 6.08 Å². The summed E-state index contributed by atoms with van der Waals surface area (Å²) in [5.74, 6) is -0.585. The van der Waals surface area contributed by atoms with Gasteiger partial charge in [0.2, 0.25) is 5.91 Å². The van der Waals surface area contributed by atoms with Gasteiger partial charge in [-0.3, -0.25) is 19.3 Å². The number of ketones is 1. The number of hydrogen-bond donors (Lipinski definition) is 2. The first-order valence-corrected chi connectivity index (χ1v) is 10.5. The van der Waals surface area contributed by atoms with Crippen molar-refractivity contribution in [3.05, 3.63) is 57.1 Å². The van der Waals surface area contributed by atoms with Crippen LogP contribution in [-0.4, -0.2) is 39.9 Å². The molecule has 1 aliphatic heterocycles. The fourth-order valence-corrected chi connectivity index (χ4v) is 4.52. The van der Waals surface area contributed by atoms with Gasteiger partial charge in [-0.25, -0.2) is 0 Å². The number of benzene rings is 1. The highest BCUT2D eigenvalue weighted by atomic mass is 32.2. The van der Waals surface area contributed by atoms with Crippen LogP contribution in [0.3, 0.4) is 0 Å². The second-order valence-electron chi connectivity index (χ2n) is 5.85.